The minimum absolute atomic E-state index is 0.0111. The molecule has 2 aromatic heterocycles. The molecule has 2 heterocycles. The number of ether oxygens (including phenoxy) is 1. The number of amides is 1. The number of rotatable bonds is 4. The summed E-state index contributed by atoms with van der Waals surface area (Å²) in [4.78, 5) is 43.1. The zero-order chi connectivity index (χ0) is 18.5. The van der Waals surface area contributed by atoms with E-state index >= 15 is 0 Å². The van der Waals surface area contributed by atoms with Crippen molar-refractivity contribution < 1.29 is 9.53 Å². The number of aromatic amines is 2. The van der Waals surface area contributed by atoms with E-state index in [4.69, 9.17) is 10.00 Å². The second-order valence-corrected chi connectivity index (χ2v) is 6.06. The molecule has 0 unspecified atom stereocenters. The van der Waals surface area contributed by atoms with Gasteiger partial charge >= 0.3 is 5.69 Å². The fourth-order valence-electron chi connectivity index (χ4n) is 2.87. The second kappa shape index (κ2) is 7.65. The zero-order valence-electron chi connectivity index (χ0n) is 13.8. The van der Waals surface area contributed by atoms with Crippen molar-refractivity contribution in [2.75, 3.05) is 0 Å². The van der Waals surface area contributed by atoms with Crippen LogP contribution in [0.15, 0.2) is 34.0 Å². The molecule has 134 valence electrons. The van der Waals surface area contributed by atoms with Gasteiger partial charge < -0.3 is 15.0 Å². The zero-order valence-corrected chi connectivity index (χ0v) is 13.8. The second-order valence-electron chi connectivity index (χ2n) is 6.06. The van der Waals surface area contributed by atoms with Crippen LogP contribution >= 0.6 is 0 Å². The molecule has 0 atom stereocenters. The lowest BCUT2D eigenvalue weighted by atomic mass is 9.93. The van der Waals surface area contributed by atoms with Crippen molar-refractivity contribution in [2.24, 2.45) is 0 Å². The summed E-state index contributed by atoms with van der Waals surface area (Å²) in [6.07, 6.45) is 4.34. The van der Waals surface area contributed by atoms with Gasteiger partial charge in [0.1, 0.15) is 17.9 Å². The highest BCUT2D eigenvalue weighted by Crippen LogP contribution is 2.23. The number of aromatic nitrogens is 3. The minimum atomic E-state index is -0.713. The van der Waals surface area contributed by atoms with Crippen LogP contribution in [0.3, 0.4) is 0 Å². The summed E-state index contributed by atoms with van der Waals surface area (Å²) in [5.74, 6) is -0.0103. The number of nitrogens with one attached hydrogen (secondary N) is 3. The van der Waals surface area contributed by atoms with E-state index in [1.165, 1.54) is 6.20 Å². The number of H-pyrrole nitrogens is 2. The molecule has 26 heavy (non-hydrogen) atoms. The van der Waals surface area contributed by atoms with Crippen molar-refractivity contribution in [3.63, 3.8) is 0 Å². The number of nitriles is 1. The molecule has 0 radical (unpaired) electrons. The lowest BCUT2D eigenvalue weighted by Gasteiger charge is -2.29. The Bertz CT molecular complexity index is 905. The van der Waals surface area contributed by atoms with E-state index in [1.807, 2.05) is 11.1 Å². The normalized spacial score (nSPS) is 19.3. The van der Waals surface area contributed by atoms with Gasteiger partial charge in [-0.2, -0.15) is 5.26 Å². The van der Waals surface area contributed by atoms with Crippen molar-refractivity contribution in [1.82, 2.24) is 20.3 Å². The van der Waals surface area contributed by atoms with Crippen LogP contribution in [0, 0.1) is 11.3 Å². The molecule has 0 bridgehead atoms. The Kier molecular flexibility index (Phi) is 5.12. The molecule has 2 aromatic rings. The van der Waals surface area contributed by atoms with E-state index in [2.05, 4.69) is 15.3 Å². The van der Waals surface area contributed by atoms with Crippen LogP contribution in [0.2, 0.25) is 0 Å². The maximum Gasteiger partial charge on any atom is 0.326 e. The summed E-state index contributed by atoms with van der Waals surface area (Å²) >= 11 is 0. The van der Waals surface area contributed by atoms with Gasteiger partial charge in [-0.3, -0.25) is 14.6 Å². The quantitative estimate of drug-likeness (QED) is 0.727. The molecule has 0 spiro atoms. The fourth-order valence-corrected chi connectivity index (χ4v) is 2.87. The fraction of sp³-hybridized carbons (Fsp3) is 0.353. The van der Waals surface area contributed by atoms with Crippen LogP contribution in [-0.2, 0) is 0 Å². The van der Waals surface area contributed by atoms with Gasteiger partial charge in [-0.25, -0.2) is 9.78 Å². The molecule has 1 aliphatic carbocycles. The van der Waals surface area contributed by atoms with E-state index in [9.17, 15) is 14.4 Å². The van der Waals surface area contributed by atoms with Gasteiger partial charge in [0.25, 0.3) is 11.5 Å². The summed E-state index contributed by atoms with van der Waals surface area (Å²) in [5.41, 5.74) is -0.916. The molecule has 0 aromatic carbocycles. The average Bonchev–Trinajstić information content (AvgIpc) is 2.63. The predicted molar refractivity (Wildman–Crippen MR) is 90.8 cm³/mol. The topological polar surface area (TPSA) is 141 Å². The van der Waals surface area contributed by atoms with Crippen molar-refractivity contribution in [2.45, 2.75) is 37.8 Å². The standard InChI is InChI=1S/C17H17N5O4/c18-8-10-1-6-15(19-9-10)26-12-4-2-11(3-5-12)20-16(24)13-7-14(23)22-17(25)21-13/h1,6-7,9,11-12H,2-5H2,(H,20,24)(H2,21,22,23,25). The first-order chi connectivity index (χ1) is 12.5. The number of hydrogen-bond acceptors (Lipinski definition) is 6. The van der Waals surface area contributed by atoms with Crippen molar-refractivity contribution in [1.29, 1.82) is 5.26 Å². The van der Waals surface area contributed by atoms with Gasteiger partial charge in [0.05, 0.1) is 5.56 Å². The Morgan fingerprint density at radius 1 is 1.23 bits per heavy atom. The Balaban J connectivity index is 1.51. The van der Waals surface area contributed by atoms with Crippen molar-refractivity contribution in [3.8, 4) is 11.9 Å². The molecule has 3 N–H and O–H groups in total. The Morgan fingerprint density at radius 2 is 2.00 bits per heavy atom. The lowest BCUT2D eigenvalue weighted by molar-refractivity contribution is 0.0884. The summed E-state index contributed by atoms with van der Waals surface area (Å²) in [7, 11) is 0. The summed E-state index contributed by atoms with van der Waals surface area (Å²) in [6.45, 7) is 0. The Morgan fingerprint density at radius 3 is 2.62 bits per heavy atom. The minimum Gasteiger partial charge on any atom is -0.474 e. The van der Waals surface area contributed by atoms with Crippen LogP contribution in [0.4, 0.5) is 0 Å². The number of nitrogens with zero attached hydrogens (tertiary/aromatic N) is 2. The number of carbonyl (C=O) groups excluding carboxylic acids is 1. The third-order valence-corrected chi connectivity index (χ3v) is 4.17. The van der Waals surface area contributed by atoms with Crippen LogP contribution in [0.1, 0.15) is 41.7 Å². The van der Waals surface area contributed by atoms with E-state index in [0.29, 0.717) is 24.3 Å². The first-order valence-corrected chi connectivity index (χ1v) is 8.21. The molecular formula is C17H17N5O4. The maximum atomic E-state index is 12.1. The summed E-state index contributed by atoms with van der Waals surface area (Å²) < 4.78 is 5.80. The van der Waals surface area contributed by atoms with Gasteiger partial charge in [-0.15, -0.1) is 0 Å². The largest absolute Gasteiger partial charge is 0.474 e. The monoisotopic (exact) mass is 355 g/mol. The van der Waals surface area contributed by atoms with Gasteiger partial charge in [0, 0.05) is 24.4 Å². The molecule has 1 saturated carbocycles. The van der Waals surface area contributed by atoms with Gasteiger partial charge in [0.2, 0.25) is 5.88 Å². The molecule has 1 amide bonds. The lowest BCUT2D eigenvalue weighted by Crippen LogP contribution is -2.41. The van der Waals surface area contributed by atoms with Crippen LogP contribution in [0.5, 0.6) is 5.88 Å². The molecule has 3 rings (SSSR count). The van der Waals surface area contributed by atoms with Gasteiger partial charge in [-0.1, -0.05) is 0 Å². The first-order valence-electron chi connectivity index (χ1n) is 8.21. The summed E-state index contributed by atoms with van der Waals surface area (Å²) in [5, 5.41) is 11.6. The molecule has 9 heteroatoms. The average molecular weight is 355 g/mol. The smallest absolute Gasteiger partial charge is 0.326 e. The highest BCUT2D eigenvalue weighted by molar-refractivity contribution is 5.92. The Labute approximate surface area is 148 Å². The van der Waals surface area contributed by atoms with E-state index in [0.717, 1.165) is 18.9 Å². The van der Waals surface area contributed by atoms with E-state index < -0.39 is 17.2 Å². The van der Waals surface area contributed by atoms with Gasteiger partial charge in [0.15, 0.2) is 0 Å². The SMILES string of the molecule is N#Cc1ccc(OC2CCC(NC(=O)c3cc(=O)[nH]c(=O)[nH]3)CC2)nc1. The van der Waals surface area contributed by atoms with E-state index in [1.54, 1.807) is 12.1 Å². The first kappa shape index (κ1) is 17.4. The highest BCUT2D eigenvalue weighted by Gasteiger charge is 2.24. The van der Waals surface area contributed by atoms with E-state index in [-0.39, 0.29) is 17.8 Å². The third kappa shape index (κ3) is 4.36. The van der Waals surface area contributed by atoms with Crippen LogP contribution < -0.4 is 21.3 Å². The molecule has 9 nitrogen and oxygen atoms in total. The Hall–Kier alpha value is -3.41. The molecule has 0 aliphatic heterocycles. The molecule has 0 saturated heterocycles. The summed E-state index contributed by atoms with van der Waals surface area (Å²) in [6, 6.07) is 6.31. The third-order valence-electron chi connectivity index (χ3n) is 4.17. The number of hydrogen-bond donors (Lipinski definition) is 3. The van der Waals surface area contributed by atoms with Crippen LogP contribution in [0.25, 0.3) is 0 Å². The van der Waals surface area contributed by atoms with Crippen molar-refractivity contribution in [3.05, 3.63) is 56.5 Å². The molecule has 1 aliphatic rings. The number of pyridine rings is 1. The molecule has 1 fully saturated rings. The van der Waals surface area contributed by atoms with Crippen LogP contribution in [-0.4, -0.2) is 33.0 Å². The molecular weight excluding hydrogens is 338 g/mol. The maximum absolute atomic E-state index is 12.1. The van der Waals surface area contributed by atoms with Crippen molar-refractivity contribution >= 4 is 5.91 Å². The number of carbonyl (C=O) groups is 1. The highest BCUT2D eigenvalue weighted by atomic mass is 16.5. The predicted octanol–water partition coefficient (Wildman–Crippen LogP) is 0.450. The van der Waals surface area contributed by atoms with Gasteiger partial charge in [-0.05, 0) is 31.7 Å².